The summed E-state index contributed by atoms with van der Waals surface area (Å²) in [5, 5.41) is 5.88. The van der Waals surface area contributed by atoms with Gasteiger partial charge >= 0.3 is 0 Å². The van der Waals surface area contributed by atoms with Crippen LogP contribution in [0.1, 0.15) is 58.4 Å². The molecule has 2 atom stereocenters. The van der Waals surface area contributed by atoms with E-state index in [1.54, 1.807) is 0 Å². The first-order valence-corrected chi connectivity index (χ1v) is 8.71. The highest BCUT2D eigenvalue weighted by Gasteiger charge is 2.24. The van der Waals surface area contributed by atoms with Gasteiger partial charge in [-0.2, -0.15) is 0 Å². The second kappa shape index (κ2) is 8.16. The van der Waals surface area contributed by atoms with Gasteiger partial charge in [-0.15, -0.1) is 11.3 Å². The van der Waals surface area contributed by atoms with Gasteiger partial charge < -0.3 is 5.32 Å². The summed E-state index contributed by atoms with van der Waals surface area (Å²) in [4.78, 5) is 3.93. The van der Waals surface area contributed by atoms with Gasteiger partial charge in [0.1, 0.15) is 0 Å². The predicted molar refractivity (Wildman–Crippen MR) is 91.5 cm³/mol. The van der Waals surface area contributed by atoms with E-state index in [2.05, 4.69) is 69.4 Å². The highest BCUT2D eigenvalue weighted by molar-refractivity contribution is 7.10. The molecular formula is C17H32N2S. The summed E-state index contributed by atoms with van der Waals surface area (Å²) in [6.07, 6.45) is 2.41. The van der Waals surface area contributed by atoms with E-state index < -0.39 is 0 Å². The number of hydrogen-bond acceptors (Lipinski definition) is 3. The summed E-state index contributed by atoms with van der Waals surface area (Å²) in [6.45, 7) is 13.8. The fourth-order valence-electron chi connectivity index (χ4n) is 2.43. The fourth-order valence-corrected chi connectivity index (χ4v) is 3.28. The van der Waals surface area contributed by atoms with E-state index in [1.165, 1.54) is 17.7 Å². The van der Waals surface area contributed by atoms with E-state index in [4.69, 9.17) is 0 Å². The van der Waals surface area contributed by atoms with Crippen molar-refractivity contribution in [3.8, 4) is 0 Å². The van der Waals surface area contributed by atoms with Crippen molar-refractivity contribution in [1.82, 2.24) is 10.2 Å². The molecule has 0 aliphatic rings. The van der Waals surface area contributed by atoms with E-state index in [-0.39, 0.29) is 0 Å². The van der Waals surface area contributed by atoms with Crippen molar-refractivity contribution in [3.63, 3.8) is 0 Å². The van der Waals surface area contributed by atoms with Crippen molar-refractivity contribution in [2.75, 3.05) is 20.1 Å². The average Bonchev–Trinajstić information content (AvgIpc) is 2.89. The molecule has 0 amide bonds. The molecule has 116 valence electrons. The van der Waals surface area contributed by atoms with Crippen molar-refractivity contribution < 1.29 is 0 Å². The van der Waals surface area contributed by atoms with Crippen molar-refractivity contribution in [2.24, 2.45) is 5.41 Å². The molecule has 0 spiro atoms. The zero-order valence-corrected chi connectivity index (χ0v) is 14.9. The fraction of sp³-hybridized carbons (Fsp3) is 0.765. The molecule has 1 heterocycles. The molecule has 3 heteroatoms. The molecule has 0 aliphatic heterocycles. The molecule has 1 aromatic rings. The number of hydrogen-bond donors (Lipinski definition) is 1. The molecule has 1 N–H and O–H groups in total. The maximum Gasteiger partial charge on any atom is 0.0410 e. The van der Waals surface area contributed by atoms with Gasteiger partial charge in [0.25, 0.3) is 0 Å². The van der Waals surface area contributed by atoms with Crippen LogP contribution in [0.2, 0.25) is 0 Å². The van der Waals surface area contributed by atoms with Gasteiger partial charge in [0.2, 0.25) is 0 Å². The van der Waals surface area contributed by atoms with Crippen LogP contribution in [0.25, 0.3) is 0 Å². The van der Waals surface area contributed by atoms with Crippen molar-refractivity contribution >= 4 is 11.3 Å². The lowest BCUT2D eigenvalue weighted by molar-refractivity contribution is 0.199. The molecular weight excluding hydrogens is 264 g/mol. The van der Waals surface area contributed by atoms with Gasteiger partial charge in [0, 0.05) is 17.0 Å². The summed E-state index contributed by atoms with van der Waals surface area (Å²) in [7, 11) is 2.24. The minimum Gasteiger partial charge on any atom is -0.313 e. The normalized spacial score (nSPS) is 15.6. The summed E-state index contributed by atoms with van der Waals surface area (Å²) < 4.78 is 0. The maximum absolute atomic E-state index is 3.71. The van der Waals surface area contributed by atoms with Crippen LogP contribution >= 0.6 is 11.3 Å². The smallest absolute Gasteiger partial charge is 0.0410 e. The van der Waals surface area contributed by atoms with E-state index in [1.807, 2.05) is 11.3 Å². The van der Waals surface area contributed by atoms with Gasteiger partial charge in [-0.25, -0.2) is 0 Å². The number of rotatable bonds is 8. The minimum absolute atomic E-state index is 0.322. The van der Waals surface area contributed by atoms with Crippen molar-refractivity contribution in [1.29, 1.82) is 0 Å². The summed E-state index contributed by atoms with van der Waals surface area (Å²) >= 11 is 1.86. The molecule has 0 fully saturated rings. The highest BCUT2D eigenvalue weighted by atomic mass is 32.1. The molecule has 0 saturated carbocycles. The minimum atomic E-state index is 0.322. The Kier molecular flexibility index (Phi) is 7.21. The van der Waals surface area contributed by atoms with Crippen LogP contribution in [0.3, 0.4) is 0 Å². The number of nitrogens with one attached hydrogen (secondary N) is 1. The van der Waals surface area contributed by atoms with Crippen molar-refractivity contribution in [3.05, 3.63) is 22.4 Å². The van der Waals surface area contributed by atoms with Crippen molar-refractivity contribution in [2.45, 2.75) is 59.5 Å². The molecule has 2 unspecified atom stereocenters. The second-order valence-corrected chi connectivity index (χ2v) is 7.81. The number of nitrogens with zero attached hydrogens (tertiary/aromatic N) is 1. The molecule has 1 rings (SSSR count). The Hall–Kier alpha value is -0.380. The molecule has 0 saturated heterocycles. The third-order valence-corrected chi connectivity index (χ3v) is 5.12. The Morgan fingerprint density at radius 3 is 2.55 bits per heavy atom. The van der Waals surface area contributed by atoms with Crippen LogP contribution in [0, 0.1) is 5.41 Å². The van der Waals surface area contributed by atoms with E-state index in [0.717, 1.165) is 13.1 Å². The first-order chi connectivity index (χ1) is 9.36. The zero-order valence-electron chi connectivity index (χ0n) is 14.1. The second-order valence-electron chi connectivity index (χ2n) is 6.83. The molecule has 0 aromatic carbocycles. The Morgan fingerprint density at radius 1 is 1.35 bits per heavy atom. The first-order valence-electron chi connectivity index (χ1n) is 7.83. The predicted octanol–water partition coefficient (Wildman–Crippen LogP) is 4.55. The van der Waals surface area contributed by atoms with E-state index in [0.29, 0.717) is 17.5 Å². The monoisotopic (exact) mass is 296 g/mol. The quantitative estimate of drug-likeness (QED) is 0.757. The van der Waals surface area contributed by atoms with Crippen LogP contribution in [0.5, 0.6) is 0 Å². The van der Waals surface area contributed by atoms with Gasteiger partial charge in [-0.1, -0.05) is 33.8 Å². The Bertz CT molecular complexity index is 354. The summed E-state index contributed by atoms with van der Waals surface area (Å²) in [6, 6.07) is 5.48. The lowest BCUT2D eigenvalue weighted by Gasteiger charge is -2.34. The van der Waals surface area contributed by atoms with Crippen LogP contribution < -0.4 is 5.32 Å². The molecule has 20 heavy (non-hydrogen) atoms. The van der Waals surface area contributed by atoms with Crippen LogP contribution in [-0.2, 0) is 0 Å². The lowest BCUT2D eigenvalue weighted by Crippen LogP contribution is -2.43. The maximum atomic E-state index is 3.71. The van der Waals surface area contributed by atoms with Crippen LogP contribution in [0.15, 0.2) is 17.5 Å². The standard InChI is InChI=1S/C17H32N2S/c1-7-11-18-16(17(3,4)5)10-12-19(6)14(2)15-9-8-13-20-15/h8-9,13-14,16,18H,7,10-12H2,1-6H3. The molecule has 2 nitrogen and oxygen atoms in total. The molecule has 0 bridgehead atoms. The van der Waals surface area contributed by atoms with Gasteiger partial charge in [0.05, 0.1) is 0 Å². The summed E-state index contributed by atoms with van der Waals surface area (Å²) in [5.41, 5.74) is 0.322. The molecule has 0 aliphatic carbocycles. The summed E-state index contributed by atoms with van der Waals surface area (Å²) in [5.74, 6) is 0. The topological polar surface area (TPSA) is 15.3 Å². The SMILES string of the molecule is CCCNC(CCN(C)C(C)c1cccs1)C(C)(C)C. The Balaban J connectivity index is 2.49. The Morgan fingerprint density at radius 2 is 2.05 bits per heavy atom. The zero-order chi connectivity index (χ0) is 15.2. The van der Waals surface area contributed by atoms with E-state index in [9.17, 15) is 0 Å². The first kappa shape index (κ1) is 17.7. The highest BCUT2D eigenvalue weighted by Crippen LogP contribution is 2.26. The van der Waals surface area contributed by atoms with E-state index >= 15 is 0 Å². The largest absolute Gasteiger partial charge is 0.313 e. The third kappa shape index (κ3) is 5.55. The van der Waals surface area contributed by atoms with Gasteiger partial charge in [0.15, 0.2) is 0 Å². The number of thiophene rings is 1. The lowest BCUT2D eigenvalue weighted by atomic mass is 9.84. The average molecular weight is 297 g/mol. The van der Waals surface area contributed by atoms with Gasteiger partial charge in [-0.05, 0) is 56.8 Å². The van der Waals surface area contributed by atoms with Crippen LogP contribution in [0.4, 0.5) is 0 Å². The van der Waals surface area contributed by atoms with Crippen LogP contribution in [-0.4, -0.2) is 31.1 Å². The third-order valence-electron chi connectivity index (χ3n) is 4.07. The Labute approximate surface area is 129 Å². The molecule has 1 aromatic heterocycles. The molecule has 0 radical (unpaired) electrons. The van der Waals surface area contributed by atoms with Gasteiger partial charge in [-0.3, -0.25) is 4.90 Å².